The van der Waals surface area contributed by atoms with Crippen molar-refractivity contribution in [2.24, 2.45) is 0 Å². The van der Waals surface area contributed by atoms with E-state index in [0.29, 0.717) is 6.61 Å². The van der Waals surface area contributed by atoms with Crippen LogP contribution < -0.4 is 5.43 Å². The third-order valence-electron chi connectivity index (χ3n) is 1.76. The van der Waals surface area contributed by atoms with Crippen LogP contribution in [0.25, 0.3) is 0 Å². The van der Waals surface area contributed by atoms with Crippen molar-refractivity contribution < 1.29 is 9.53 Å². The maximum Gasteiger partial charge on any atom is 0.260 e. The van der Waals surface area contributed by atoms with E-state index in [1.165, 1.54) is 0 Å². The molecule has 0 aliphatic rings. The number of nitrogens with one attached hydrogen (secondary N) is 1. The molecule has 0 unspecified atom stereocenters. The van der Waals surface area contributed by atoms with Crippen LogP contribution in [0.15, 0.2) is 28.7 Å². The van der Waals surface area contributed by atoms with Gasteiger partial charge in [0, 0.05) is 18.6 Å². The van der Waals surface area contributed by atoms with Gasteiger partial charge < -0.3 is 4.74 Å². The van der Waals surface area contributed by atoms with Gasteiger partial charge >= 0.3 is 0 Å². The van der Waals surface area contributed by atoms with Gasteiger partial charge in [0.25, 0.3) is 5.91 Å². The van der Waals surface area contributed by atoms with E-state index in [0.717, 1.165) is 10.0 Å². The standard InChI is InChI=1S/C11H15BrN2O2/c1-14(2)13-11(15)8-16-7-9-3-5-10(12)6-4-9/h3-6H,7-8H2,1-2H3,(H,13,15). The largest absolute Gasteiger partial charge is 0.367 e. The van der Waals surface area contributed by atoms with Gasteiger partial charge in [-0.3, -0.25) is 10.2 Å². The molecule has 0 aromatic heterocycles. The van der Waals surface area contributed by atoms with Gasteiger partial charge in [0.2, 0.25) is 0 Å². The second kappa shape index (κ2) is 6.62. The minimum absolute atomic E-state index is 0.0637. The Bertz CT molecular complexity index is 338. The van der Waals surface area contributed by atoms with Crippen LogP contribution in [0.3, 0.4) is 0 Å². The quantitative estimate of drug-likeness (QED) is 0.836. The van der Waals surface area contributed by atoms with Gasteiger partial charge in [-0.2, -0.15) is 0 Å². The third-order valence-corrected chi connectivity index (χ3v) is 2.29. The highest BCUT2D eigenvalue weighted by molar-refractivity contribution is 9.10. The molecule has 1 aromatic carbocycles. The molecule has 0 fully saturated rings. The van der Waals surface area contributed by atoms with Gasteiger partial charge in [-0.25, -0.2) is 5.01 Å². The number of nitrogens with zero attached hydrogens (tertiary/aromatic N) is 1. The molecule has 16 heavy (non-hydrogen) atoms. The maximum atomic E-state index is 11.2. The summed E-state index contributed by atoms with van der Waals surface area (Å²) >= 11 is 3.35. The first kappa shape index (κ1) is 13.2. The average Bonchev–Trinajstić information content (AvgIpc) is 2.20. The van der Waals surface area contributed by atoms with Crippen LogP contribution in [0.2, 0.25) is 0 Å². The molecule has 0 aliphatic heterocycles. The molecule has 0 heterocycles. The monoisotopic (exact) mass is 286 g/mol. The Labute approximate surface area is 104 Å². The molecule has 0 spiro atoms. The maximum absolute atomic E-state index is 11.2. The summed E-state index contributed by atoms with van der Waals surface area (Å²) in [6, 6.07) is 7.79. The zero-order valence-electron chi connectivity index (χ0n) is 9.37. The Morgan fingerprint density at radius 1 is 1.38 bits per heavy atom. The molecule has 0 radical (unpaired) electrons. The molecule has 0 saturated heterocycles. The number of amides is 1. The first-order valence-electron chi connectivity index (χ1n) is 4.87. The number of ether oxygens (including phenoxy) is 1. The van der Waals surface area contributed by atoms with Crippen molar-refractivity contribution >= 4 is 21.8 Å². The minimum atomic E-state index is -0.151. The predicted octanol–water partition coefficient (Wildman–Crippen LogP) is 1.56. The molecule has 1 rings (SSSR count). The lowest BCUT2D eigenvalue weighted by molar-refractivity contribution is -0.129. The number of carbonyl (C=O) groups is 1. The van der Waals surface area contributed by atoms with E-state index in [4.69, 9.17) is 4.74 Å². The van der Waals surface area contributed by atoms with E-state index in [-0.39, 0.29) is 12.5 Å². The molecule has 1 aromatic rings. The Hall–Kier alpha value is -0.910. The summed E-state index contributed by atoms with van der Waals surface area (Å²) in [6.45, 7) is 0.502. The zero-order valence-corrected chi connectivity index (χ0v) is 11.0. The third kappa shape index (κ3) is 5.25. The fraction of sp³-hybridized carbons (Fsp3) is 0.364. The van der Waals surface area contributed by atoms with Crippen LogP contribution in [0, 0.1) is 0 Å². The van der Waals surface area contributed by atoms with E-state index >= 15 is 0 Å². The lowest BCUT2D eigenvalue weighted by Crippen LogP contribution is -2.38. The fourth-order valence-corrected chi connectivity index (χ4v) is 1.39. The minimum Gasteiger partial charge on any atom is -0.367 e. The summed E-state index contributed by atoms with van der Waals surface area (Å²) in [5, 5.41) is 1.59. The molecule has 4 nitrogen and oxygen atoms in total. The van der Waals surface area contributed by atoms with Gasteiger partial charge in [0.05, 0.1) is 6.61 Å². The summed E-state index contributed by atoms with van der Waals surface area (Å²) in [5.41, 5.74) is 3.64. The number of hydrazine groups is 1. The van der Waals surface area contributed by atoms with Crippen LogP contribution in [0.5, 0.6) is 0 Å². The molecular formula is C11H15BrN2O2. The lowest BCUT2D eigenvalue weighted by Gasteiger charge is -2.11. The van der Waals surface area contributed by atoms with E-state index in [9.17, 15) is 4.79 Å². The van der Waals surface area contributed by atoms with Gasteiger partial charge in [0.15, 0.2) is 0 Å². The molecule has 1 N–H and O–H groups in total. The van der Waals surface area contributed by atoms with Crippen LogP contribution in [0.1, 0.15) is 5.56 Å². The van der Waals surface area contributed by atoms with Crippen LogP contribution in [-0.4, -0.2) is 31.6 Å². The Morgan fingerprint density at radius 2 is 2.00 bits per heavy atom. The Morgan fingerprint density at radius 3 is 2.56 bits per heavy atom. The van der Waals surface area contributed by atoms with E-state index in [2.05, 4.69) is 21.4 Å². The summed E-state index contributed by atoms with van der Waals surface area (Å²) in [4.78, 5) is 11.2. The first-order valence-corrected chi connectivity index (χ1v) is 5.66. The van der Waals surface area contributed by atoms with E-state index in [1.807, 2.05) is 24.3 Å². The van der Waals surface area contributed by atoms with Crippen LogP contribution in [-0.2, 0) is 16.1 Å². The first-order chi connectivity index (χ1) is 7.58. The van der Waals surface area contributed by atoms with Crippen molar-refractivity contribution in [2.75, 3.05) is 20.7 Å². The van der Waals surface area contributed by atoms with Gasteiger partial charge in [0.1, 0.15) is 6.61 Å². The summed E-state index contributed by atoms with van der Waals surface area (Å²) < 4.78 is 6.30. The number of carbonyl (C=O) groups excluding carboxylic acids is 1. The van der Waals surface area contributed by atoms with E-state index in [1.54, 1.807) is 19.1 Å². The Kier molecular flexibility index (Phi) is 5.45. The van der Waals surface area contributed by atoms with Gasteiger partial charge in [-0.1, -0.05) is 28.1 Å². The van der Waals surface area contributed by atoms with Crippen LogP contribution in [0.4, 0.5) is 0 Å². The van der Waals surface area contributed by atoms with Crippen molar-refractivity contribution in [3.05, 3.63) is 34.3 Å². The van der Waals surface area contributed by atoms with Crippen molar-refractivity contribution in [3.8, 4) is 0 Å². The molecule has 5 heteroatoms. The summed E-state index contributed by atoms with van der Waals surface area (Å²) in [6.07, 6.45) is 0. The summed E-state index contributed by atoms with van der Waals surface area (Å²) in [7, 11) is 3.51. The number of rotatable bonds is 5. The molecule has 0 atom stereocenters. The molecule has 0 saturated carbocycles. The summed E-state index contributed by atoms with van der Waals surface area (Å²) in [5.74, 6) is -0.151. The normalized spacial score (nSPS) is 10.5. The van der Waals surface area contributed by atoms with Crippen LogP contribution >= 0.6 is 15.9 Å². The molecule has 88 valence electrons. The second-order valence-corrected chi connectivity index (χ2v) is 4.46. The molecule has 0 bridgehead atoms. The Balaban J connectivity index is 2.25. The van der Waals surface area contributed by atoms with E-state index < -0.39 is 0 Å². The number of hydrogen-bond acceptors (Lipinski definition) is 3. The van der Waals surface area contributed by atoms with Gasteiger partial charge in [-0.15, -0.1) is 0 Å². The lowest BCUT2D eigenvalue weighted by atomic mass is 10.2. The smallest absolute Gasteiger partial charge is 0.260 e. The average molecular weight is 287 g/mol. The molecule has 0 aliphatic carbocycles. The van der Waals surface area contributed by atoms with Gasteiger partial charge in [-0.05, 0) is 17.7 Å². The molecule has 1 amide bonds. The highest BCUT2D eigenvalue weighted by Crippen LogP contribution is 2.10. The zero-order chi connectivity index (χ0) is 12.0. The SMILES string of the molecule is CN(C)NC(=O)COCc1ccc(Br)cc1. The fourth-order valence-electron chi connectivity index (χ4n) is 1.12. The highest BCUT2D eigenvalue weighted by Gasteiger charge is 2.01. The highest BCUT2D eigenvalue weighted by atomic mass is 79.9. The van der Waals surface area contributed by atoms with Crippen molar-refractivity contribution in [1.82, 2.24) is 10.4 Å². The number of hydrogen-bond donors (Lipinski definition) is 1. The van der Waals surface area contributed by atoms with Crippen molar-refractivity contribution in [2.45, 2.75) is 6.61 Å². The van der Waals surface area contributed by atoms with Crippen molar-refractivity contribution in [1.29, 1.82) is 0 Å². The second-order valence-electron chi connectivity index (χ2n) is 3.55. The number of benzene rings is 1. The van der Waals surface area contributed by atoms with Crippen molar-refractivity contribution in [3.63, 3.8) is 0 Å². The predicted molar refractivity (Wildman–Crippen MR) is 65.6 cm³/mol. The topological polar surface area (TPSA) is 41.6 Å². The number of halogens is 1. The molecular weight excluding hydrogens is 272 g/mol.